The van der Waals surface area contributed by atoms with Crippen molar-refractivity contribution < 1.29 is 14.7 Å². The minimum absolute atomic E-state index is 0.568. The molecule has 5 heteroatoms. The van der Waals surface area contributed by atoms with E-state index in [1.807, 2.05) is 0 Å². The molecular formula is C17H34N2O3. The largest absolute Gasteiger partial charge is 0.480 e. The second kappa shape index (κ2) is 14.0. The molecule has 1 rings (SSSR count). The van der Waals surface area contributed by atoms with Gasteiger partial charge in [0.25, 0.3) is 0 Å². The second-order valence-corrected chi connectivity index (χ2v) is 6.37. The molecule has 1 fully saturated rings. The molecule has 0 bridgehead atoms. The van der Waals surface area contributed by atoms with Gasteiger partial charge in [0.1, 0.15) is 6.04 Å². The average Bonchev–Trinajstić information content (AvgIpc) is 2.50. The number of rotatable bonds is 1. The fraction of sp³-hybridized carbons (Fsp3) is 0.941. The van der Waals surface area contributed by atoms with E-state index in [4.69, 9.17) is 9.94 Å². The monoisotopic (exact) mass is 314 g/mol. The normalized spacial score (nSPS) is 25.5. The van der Waals surface area contributed by atoms with Crippen LogP contribution in [0.15, 0.2) is 0 Å². The van der Waals surface area contributed by atoms with Gasteiger partial charge in [-0.25, -0.2) is 5.43 Å². The fourth-order valence-electron chi connectivity index (χ4n) is 2.89. The number of hydrogen-bond donors (Lipinski definition) is 3. The first-order chi connectivity index (χ1) is 10.8. The molecule has 0 amide bonds. The van der Waals surface area contributed by atoms with E-state index in [2.05, 4.69) is 11.0 Å². The minimum Gasteiger partial charge on any atom is -0.480 e. The predicted molar refractivity (Wildman–Crippen MR) is 88.3 cm³/mol. The van der Waals surface area contributed by atoms with E-state index >= 15 is 0 Å². The maximum atomic E-state index is 11.2. The lowest BCUT2D eigenvalue weighted by Gasteiger charge is -2.15. The van der Waals surface area contributed by atoms with Crippen LogP contribution in [0.5, 0.6) is 0 Å². The predicted octanol–water partition coefficient (Wildman–Crippen LogP) is 3.94. The van der Waals surface area contributed by atoms with Gasteiger partial charge in [0.15, 0.2) is 0 Å². The number of carboxylic acid groups (broad SMARTS) is 1. The van der Waals surface area contributed by atoms with Gasteiger partial charge in [-0.15, -0.1) is 5.59 Å². The maximum absolute atomic E-state index is 11.2. The maximum Gasteiger partial charge on any atom is 0.322 e. The molecule has 0 saturated carbocycles. The van der Waals surface area contributed by atoms with Gasteiger partial charge in [0, 0.05) is 0 Å². The third-order valence-corrected chi connectivity index (χ3v) is 4.34. The Kier molecular flexibility index (Phi) is 12.3. The first-order valence-electron chi connectivity index (χ1n) is 9.16. The summed E-state index contributed by atoms with van der Waals surface area (Å²) < 4.78 is 0. The number of aliphatic carboxylic acids is 1. The van der Waals surface area contributed by atoms with Crippen LogP contribution in [0.3, 0.4) is 0 Å². The third-order valence-electron chi connectivity index (χ3n) is 4.34. The van der Waals surface area contributed by atoms with E-state index in [0.29, 0.717) is 13.0 Å². The highest BCUT2D eigenvalue weighted by atomic mass is 16.7. The standard InChI is InChI=1S/C17H34N2O3/c20-17(21)16-14-12-10-8-6-4-2-1-3-5-7-9-11-13-15-22-19-18-16/h16,18-19H,1-15H2,(H,20,21). The molecule has 5 nitrogen and oxygen atoms in total. The SMILES string of the molecule is O=C(O)C1CCCCCCCCCCCCCCCONN1. The van der Waals surface area contributed by atoms with Gasteiger partial charge in [0.05, 0.1) is 6.61 Å². The van der Waals surface area contributed by atoms with Gasteiger partial charge in [-0.1, -0.05) is 77.0 Å². The summed E-state index contributed by atoms with van der Waals surface area (Å²) in [5, 5.41) is 9.17. The van der Waals surface area contributed by atoms with Gasteiger partial charge in [0.2, 0.25) is 0 Å². The molecule has 130 valence electrons. The second-order valence-electron chi connectivity index (χ2n) is 6.37. The van der Waals surface area contributed by atoms with Crippen molar-refractivity contribution in [3.8, 4) is 0 Å². The van der Waals surface area contributed by atoms with Crippen LogP contribution in [0, 0.1) is 0 Å². The van der Waals surface area contributed by atoms with Crippen molar-refractivity contribution >= 4 is 5.97 Å². The van der Waals surface area contributed by atoms with Gasteiger partial charge in [-0.05, 0) is 12.8 Å². The molecular weight excluding hydrogens is 280 g/mol. The Morgan fingerprint density at radius 3 is 1.73 bits per heavy atom. The van der Waals surface area contributed by atoms with E-state index in [1.165, 1.54) is 64.2 Å². The summed E-state index contributed by atoms with van der Waals surface area (Å²) in [6, 6.07) is -0.568. The first-order valence-corrected chi connectivity index (χ1v) is 9.16. The summed E-state index contributed by atoms with van der Waals surface area (Å²) in [4.78, 5) is 16.4. The molecule has 1 heterocycles. The number of carboxylic acids is 1. The molecule has 0 spiro atoms. The van der Waals surface area contributed by atoms with E-state index in [9.17, 15) is 4.79 Å². The molecule has 3 N–H and O–H groups in total. The lowest BCUT2D eigenvalue weighted by Crippen LogP contribution is -2.45. The van der Waals surface area contributed by atoms with Crippen LogP contribution in [0.1, 0.15) is 89.9 Å². The summed E-state index contributed by atoms with van der Waals surface area (Å²) in [5.74, 6) is -0.818. The van der Waals surface area contributed by atoms with Crippen molar-refractivity contribution in [1.29, 1.82) is 0 Å². The van der Waals surface area contributed by atoms with Crippen LogP contribution >= 0.6 is 0 Å². The molecule has 0 aliphatic carbocycles. The minimum atomic E-state index is -0.818. The topological polar surface area (TPSA) is 70.6 Å². The zero-order chi connectivity index (χ0) is 15.9. The molecule has 1 saturated heterocycles. The van der Waals surface area contributed by atoms with E-state index in [-0.39, 0.29) is 0 Å². The van der Waals surface area contributed by atoms with Gasteiger partial charge in [-0.2, -0.15) is 0 Å². The van der Waals surface area contributed by atoms with Gasteiger partial charge in [-0.3, -0.25) is 9.63 Å². The molecule has 1 unspecified atom stereocenters. The van der Waals surface area contributed by atoms with Crippen molar-refractivity contribution in [2.75, 3.05) is 6.61 Å². The van der Waals surface area contributed by atoms with E-state index in [1.54, 1.807) is 0 Å². The molecule has 0 radical (unpaired) electrons. The fourth-order valence-corrected chi connectivity index (χ4v) is 2.89. The Morgan fingerprint density at radius 2 is 1.23 bits per heavy atom. The molecule has 1 aliphatic heterocycles. The lowest BCUT2D eigenvalue weighted by atomic mass is 10.0. The molecule has 1 aliphatic rings. The summed E-state index contributed by atoms with van der Waals surface area (Å²) in [6.07, 6.45) is 16.8. The van der Waals surface area contributed by atoms with Crippen molar-refractivity contribution in [3.05, 3.63) is 0 Å². The Labute approximate surface area is 135 Å². The van der Waals surface area contributed by atoms with Gasteiger partial charge < -0.3 is 5.11 Å². The van der Waals surface area contributed by atoms with Crippen molar-refractivity contribution in [2.45, 2.75) is 95.9 Å². The van der Waals surface area contributed by atoms with Crippen molar-refractivity contribution in [3.63, 3.8) is 0 Å². The molecule has 0 aromatic carbocycles. The Morgan fingerprint density at radius 1 is 0.773 bits per heavy atom. The number of hydrogen-bond acceptors (Lipinski definition) is 4. The Bertz CT molecular complexity index is 255. The smallest absolute Gasteiger partial charge is 0.322 e. The summed E-state index contributed by atoms with van der Waals surface area (Å²) in [5.41, 5.74) is 5.36. The lowest BCUT2D eigenvalue weighted by molar-refractivity contribution is -0.141. The van der Waals surface area contributed by atoms with Gasteiger partial charge >= 0.3 is 5.97 Å². The van der Waals surface area contributed by atoms with Crippen LogP contribution in [0.2, 0.25) is 0 Å². The highest BCUT2D eigenvalue weighted by Crippen LogP contribution is 2.13. The van der Waals surface area contributed by atoms with Crippen molar-refractivity contribution in [1.82, 2.24) is 11.0 Å². The van der Waals surface area contributed by atoms with E-state index < -0.39 is 12.0 Å². The van der Waals surface area contributed by atoms with Crippen LogP contribution in [-0.4, -0.2) is 23.7 Å². The van der Waals surface area contributed by atoms with E-state index in [0.717, 1.165) is 19.3 Å². The molecule has 0 aromatic heterocycles. The van der Waals surface area contributed by atoms with Crippen LogP contribution in [-0.2, 0) is 9.63 Å². The average molecular weight is 314 g/mol. The summed E-state index contributed by atoms with van der Waals surface area (Å²) in [7, 11) is 0. The number of carbonyl (C=O) groups is 1. The Hall–Kier alpha value is -0.650. The molecule has 22 heavy (non-hydrogen) atoms. The number of hydrazine groups is 1. The highest BCUT2D eigenvalue weighted by molar-refractivity contribution is 5.73. The number of nitrogens with one attached hydrogen (secondary N) is 2. The summed E-state index contributed by atoms with van der Waals surface area (Å²) >= 11 is 0. The highest BCUT2D eigenvalue weighted by Gasteiger charge is 2.15. The molecule has 1 atom stereocenters. The van der Waals surface area contributed by atoms with Crippen LogP contribution in [0.25, 0.3) is 0 Å². The summed E-state index contributed by atoms with van der Waals surface area (Å²) in [6.45, 7) is 0.624. The van der Waals surface area contributed by atoms with Crippen LogP contribution < -0.4 is 11.0 Å². The molecule has 0 aromatic rings. The third kappa shape index (κ3) is 11.0. The van der Waals surface area contributed by atoms with Crippen LogP contribution in [0.4, 0.5) is 0 Å². The Balaban J connectivity index is 2.23. The first kappa shape index (κ1) is 19.4. The van der Waals surface area contributed by atoms with Crippen molar-refractivity contribution in [2.24, 2.45) is 0 Å². The zero-order valence-electron chi connectivity index (χ0n) is 13.9. The zero-order valence-corrected chi connectivity index (χ0v) is 13.9. The quantitative estimate of drug-likeness (QED) is 0.684.